The van der Waals surface area contributed by atoms with Crippen molar-refractivity contribution in [2.45, 2.75) is 12.1 Å². The maximum atomic E-state index is 12.3. The van der Waals surface area contributed by atoms with E-state index >= 15 is 0 Å². The van der Waals surface area contributed by atoms with Gasteiger partial charge in [-0.15, -0.1) is 0 Å². The summed E-state index contributed by atoms with van der Waals surface area (Å²) in [7, 11) is 1.29. The number of β-lactam (4-membered cyclic amide) rings is 1. The number of likely N-dealkylation sites (tertiary alicyclic amines) is 1. The van der Waals surface area contributed by atoms with Crippen molar-refractivity contribution in [3.63, 3.8) is 0 Å². The average Bonchev–Trinajstić information content (AvgIpc) is 3.07. The van der Waals surface area contributed by atoms with Gasteiger partial charge in [-0.2, -0.15) is 0 Å². The molecule has 0 N–H and O–H groups in total. The number of para-hydroxylation sites is 1. The molecule has 2 heterocycles. The maximum absolute atomic E-state index is 12.3. The Labute approximate surface area is 127 Å². The minimum atomic E-state index is -0.676. The first-order valence-corrected chi connectivity index (χ1v) is 6.82. The number of amides is 1. The fraction of sp³-hybridized carbons (Fsp3) is 0.250. The van der Waals surface area contributed by atoms with E-state index < -0.39 is 12.1 Å². The predicted octanol–water partition coefficient (Wildman–Crippen LogP) is 1.78. The Bertz CT molecular complexity index is 652. The number of methoxy groups -OCH3 is 1. The van der Waals surface area contributed by atoms with Crippen molar-refractivity contribution in [1.82, 2.24) is 4.90 Å². The highest BCUT2D eigenvalue weighted by atomic mass is 16.5. The topological polar surface area (TPSA) is 69.0 Å². The normalized spacial score (nSPS) is 20.4. The van der Waals surface area contributed by atoms with Gasteiger partial charge >= 0.3 is 5.97 Å². The lowest BCUT2D eigenvalue weighted by Gasteiger charge is -2.45. The summed E-state index contributed by atoms with van der Waals surface area (Å²) >= 11 is 0. The molecule has 1 aromatic carbocycles. The Kier molecular flexibility index (Phi) is 3.82. The van der Waals surface area contributed by atoms with Crippen LogP contribution in [-0.4, -0.2) is 36.5 Å². The van der Waals surface area contributed by atoms with Crippen LogP contribution in [0.5, 0.6) is 5.75 Å². The van der Waals surface area contributed by atoms with Crippen LogP contribution in [0.1, 0.15) is 11.6 Å². The van der Waals surface area contributed by atoms with Gasteiger partial charge in [-0.1, -0.05) is 18.2 Å². The van der Waals surface area contributed by atoms with Crippen LogP contribution in [0, 0.1) is 0 Å². The van der Waals surface area contributed by atoms with Crippen molar-refractivity contribution >= 4 is 11.9 Å². The Morgan fingerprint density at radius 1 is 1.27 bits per heavy atom. The van der Waals surface area contributed by atoms with Gasteiger partial charge in [0.1, 0.15) is 18.3 Å². The number of nitrogens with zero attached hydrogens (tertiary/aromatic N) is 1. The molecule has 0 aliphatic carbocycles. The highest BCUT2D eigenvalue weighted by Gasteiger charge is 2.51. The van der Waals surface area contributed by atoms with Crippen LogP contribution in [0.4, 0.5) is 0 Å². The van der Waals surface area contributed by atoms with Crippen molar-refractivity contribution in [2.24, 2.45) is 0 Å². The van der Waals surface area contributed by atoms with E-state index in [1.54, 1.807) is 24.5 Å². The second kappa shape index (κ2) is 5.93. The first-order chi connectivity index (χ1) is 10.7. The lowest BCUT2D eigenvalue weighted by atomic mass is 9.92. The molecule has 1 aliphatic heterocycles. The zero-order valence-electron chi connectivity index (χ0n) is 12.0. The van der Waals surface area contributed by atoms with Crippen LogP contribution in [-0.2, 0) is 14.3 Å². The van der Waals surface area contributed by atoms with Gasteiger partial charge in [0.2, 0.25) is 6.10 Å². The molecule has 0 bridgehead atoms. The molecule has 0 unspecified atom stereocenters. The third-order valence-electron chi connectivity index (χ3n) is 3.57. The highest BCUT2D eigenvalue weighted by molar-refractivity contribution is 5.92. The summed E-state index contributed by atoms with van der Waals surface area (Å²) in [5.74, 6) is -0.118. The van der Waals surface area contributed by atoms with Gasteiger partial charge in [0.05, 0.1) is 19.6 Å². The summed E-state index contributed by atoms with van der Waals surface area (Å²) < 4.78 is 15.5. The van der Waals surface area contributed by atoms with Gasteiger partial charge in [0, 0.05) is 5.56 Å². The van der Waals surface area contributed by atoms with Crippen LogP contribution >= 0.6 is 0 Å². The summed E-state index contributed by atoms with van der Waals surface area (Å²) in [4.78, 5) is 25.2. The second-order valence-electron chi connectivity index (χ2n) is 4.90. The zero-order chi connectivity index (χ0) is 15.5. The Hall–Kier alpha value is -2.76. The van der Waals surface area contributed by atoms with Crippen molar-refractivity contribution in [3.05, 3.63) is 54.5 Å². The molecule has 6 nitrogen and oxygen atoms in total. The average molecular weight is 301 g/mol. The van der Waals surface area contributed by atoms with Gasteiger partial charge in [-0.05, 0) is 18.2 Å². The number of furan rings is 1. The minimum absolute atomic E-state index is 0.111. The predicted molar refractivity (Wildman–Crippen MR) is 76.0 cm³/mol. The van der Waals surface area contributed by atoms with Gasteiger partial charge in [-0.3, -0.25) is 9.59 Å². The molecule has 2 atom stereocenters. The number of hydrogen-bond donors (Lipinski definition) is 0. The highest BCUT2D eigenvalue weighted by Crippen LogP contribution is 2.37. The molecular formula is C16H15NO5. The summed E-state index contributed by atoms with van der Waals surface area (Å²) in [5, 5.41) is 0. The van der Waals surface area contributed by atoms with Gasteiger partial charge in [0.15, 0.2) is 0 Å². The first kappa shape index (κ1) is 14.2. The standard InChI is InChI=1S/C16H15NO5/c1-20-13(18)9-17-14(11-7-8-21-10-11)15(16(17)19)22-12-5-3-2-4-6-12/h2-8,10,14-15H,9H2,1H3/t14-,15+/m1/s1. The summed E-state index contributed by atoms with van der Waals surface area (Å²) in [6.45, 7) is -0.111. The number of esters is 1. The second-order valence-corrected chi connectivity index (χ2v) is 4.90. The minimum Gasteiger partial charge on any atom is -0.478 e. The SMILES string of the molecule is COC(=O)CN1C(=O)[C@@H](Oc2ccccc2)[C@H]1c1ccoc1. The number of benzene rings is 1. The molecule has 1 amide bonds. The molecule has 1 aromatic heterocycles. The molecule has 2 aromatic rings. The fourth-order valence-corrected chi connectivity index (χ4v) is 2.46. The molecule has 1 aliphatic rings. The number of hydrogen-bond acceptors (Lipinski definition) is 5. The molecular weight excluding hydrogens is 286 g/mol. The van der Waals surface area contributed by atoms with E-state index in [-0.39, 0.29) is 18.5 Å². The van der Waals surface area contributed by atoms with E-state index in [4.69, 9.17) is 9.15 Å². The molecule has 1 fully saturated rings. The Morgan fingerprint density at radius 3 is 2.68 bits per heavy atom. The largest absolute Gasteiger partial charge is 0.478 e. The Balaban J connectivity index is 1.80. The molecule has 6 heteroatoms. The van der Waals surface area contributed by atoms with E-state index in [1.165, 1.54) is 18.3 Å². The summed E-state index contributed by atoms with van der Waals surface area (Å²) in [5.41, 5.74) is 0.782. The van der Waals surface area contributed by atoms with Gasteiger partial charge in [0.25, 0.3) is 5.91 Å². The molecule has 0 spiro atoms. The summed E-state index contributed by atoms with van der Waals surface area (Å²) in [6.07, 6.45) is 2.39. The molecule has 0 saturated carbocycles. The maximum Gasteiger partial charge on any atom is 0.325 e. The van der Waals surface area contributed by atoms with E-state index in [2.05, 4.69) is 4.74 Å². The zero-order valence-corrected chi connectivity index (χ0v) is 12.0. The van der Waals surface area contributed by atoms with Crippen LogP contribution < -0.4 is 4.74 Å². The number of rotatable bonds is 5. The van der Waals surface area contributed by atoms with Gasteiger partial charge in [-0.25, -0.2) is 0 Å². The molecule has 22 heavy (non-hydrogen) atoms. The number of carbonyl (C=O) groups is 2. The van der Waals surface area contributed by atoms with Crippen molar-refractivity contribution in [1.29, 1.82) is 0 Å². The van der Waals surface area contributed by atoms with Crippen LogP contribution in [0.15, 0.2) is 53.3 Å². The smallest absolute Gasteiger partial charge is 0.325 e. The number of ether oxygens (including phenoxy) is 2. The van der Waals surface area contributed by atoms with Crippen molar-refractivity contribution in [3.8, 4) is 5.75 Å². The molecule has 114 valence electrons. The van der Waals surface area contributed by atoms with Crippen LogP contribution in [0.2, 0.25) is 0 Å². The van der Waals surface area contributed by atoms with Crippen LogP contribution in [0.3, 0.4) is 0 Å². The fourth-order valence-electron chi connectivity index (χ4n) is 2.46. The third-order valence-corrected chi connectivity index (χ3v) is 3.57. The van der Waals surface area contributed by atoms with E-state index in [0.717, 1.165) is 5.56 Å². The van der Waals surface area contributed by atoms with E-state index in [1.807, 2.05) is 18.2 Å². The van der Waals surface area contributed by atoms with Crippen molar-refractivity contribution < 1.29 is 23.5 Å². The van der Waals surface area contributed by atoms with E-state index in [9.17, 15) is 9.59 Å². The van der Waals surface area contributed by atoms with Crippen LogP contribution in [0.25, 0.3) is 0 Å². The van der Waals surface area contributed by atoms with E-state index in [0.29, 0.717) is 5.75 Å². The first-order valence-electron chi connectivity index (χ1n) is 6.82. The monoisotopic (exact) mass is 301 g/mol. The quantitative estimate of drug-likeness (QED) is 0.622. The Morgan fingerprint density at radius 2 is 2.05 bits per heavy atom. The number of carbonyl (C=O) groups excluding carboxylic acids is 2. The lowest BCUT2D eigenvalue weighted by Crippen LogP contribution is -2.62. The van der Waals surface area contributed by atoms with Crippen molar-refractivity contribution in [2.75, 3.05) is 13.7 Å². The lowest BCUT2D eigenvalue weighted by molar-refractivity contribution is -0.170. The molecule has 0 radical (unpaired) electrons. The third kappa shape index (κ3) is 2.55. The summed E-state index contributed by atoms with van der Waals surface area (Å²) in [6, 6.07) is 10.5. The molecule has 3 rings (SSSR count). The molecule has 1 saturated heterocycles. The van der Waals surface area contributed by atoms with Gasteiger partial charge < -0.3 is 18.8 Å².